The largest absolute Gasteiger partial charge is 0.465 e. The molecule has 0 unspecified atom stereocenters. The molecule has 160 valence electrons. The van der Waals surface area contributed by atoms with Crippen LogP contribution in [0.1, 0.15) is 21.5 Å². The fourth-order valence-electron chi connectivity index (χ4n) is 3.42. The summed E-state index contributed by atoms with van der Waals surface area (Å²) in [6.07, 6.45) is 0.181. The smallest absolute Gasteiger partial charge is 0.337 e. The summed E-state index contributed by atoms with van der Waals surface area (Å²) in [6.45, 7) is 2.66. The molecule has 1 aliphatic rings. The molecule has 0 N–H and O–H groups in total. The summed E-state index contributed by atoms with van der Waals surface area (Å²) in [5, 5.41) is 0.540. The quantitative estimate of drug-likeness (QED) is 0.653. The highest BCUT2D eigenvalue weighted by Gasteiger charge is 2.31. The van der Waals surface area contributed by atoms with Crippen molar-refractivity contribution in [1.82, 2.24) is 9.21 Å². The zero-order valence-corrected chi connectivity index (χ0v) is 18.4. The van der Waals surface area contributed by atoms with Crippen molar-refractivity contribution in [1.29, 1.82) is 0 Å². The summed E-state index contributed by atoms with van der Waals surface area (Å²) >= 11 is 6.13. The molecule has 0 saturated carbocycles. The molecule has 7 nitrogen and oxygen atoms in total. The first-order chi connectivity index (χ1) is 14.2. The van der Waals surface area contributed by atoms with E-state index < -0.39 is 16.0 Å². The summed E-state index contributed by atoms with van der Waals surface area (Å²) < 4.78 is 32.2. The minimum atomic E-state index is -3.73. The number of benzene rings is 2. The highest BCUT2D eigenvalue weighted by Crippen LogP contribution is 2.23. The Hall–Kier alpha value is -2.42. The molecule has 0 radical (unpaired) electrons. The zero-order chi connectivity index (χ0) is 21.9. The average molecular weight is 451 g/mol. The molecule has 2 aromatic rings. The lowest BCUT2D eigenvalue weighted by Gasteiger charge is -2.34. The summed E-state index contributed by atoms with van der Waals surface area (Å²) in [5.74, 6) is -0.605. The fourth-order valence-corrected chi connectivity index (χ4v) is 5.25. The Kier molecular flexibility index (Phi) is 6.80. The van der Waals surface area contributed by atoms with Crippen molar-refractivity contribution in [2.24, 2.45) is 0 Å². The van der Waals surface area contributed by atoms with Crippen molar-refractivity contribution in [3.8, 4) is 0 Å². The molecular formula is C21H23ClN2O5S. The van der Waals surface area contributed by atoms with Gasteiger partial charge < -0.3 is 9.64 Å². The van der Waals surface area contributed by atoms with E-state index in [2.05, 4.69) is 4.74 Å². The number of nitrogens with zero attached hydrogens (tertiary/aromatic N) is 2. The first-order valence-corrected chi connectivity index (χ1v) is 11.3. The number of carbonyl (C=O) groups excluding carboxylic acids is 2. The van der Waals surface area contributed by atoms with Gasteiger partial charge in [-0.2, -0.15) is 4.31 Å². The van der Waals surface area contributed by atoms with E-state index in [4.69, 9.17) is 11.6 Å². The number of rotatable bonds is 5. The molecule has 0 atom stereocenters. The molecule has 1 amide bonds. The van der Waals surface area contributed by atoms with E-state index in [1.54, 1.807) is 24.0 Å². The zero-order valence-electron chi connectivity index (χ0n) is 16.8. The molecule has 1 heterocycles. The molecule has 1 aliphatic heterocycles. The third-order valence-corrected chi connectivity index (χ3v) is 7.53. The van der Waals surface area contributed by atoms with Crippen LogP contribution in [0.5, 0.6) is 0 Å². The van der Waals surface area contributed by atoms with Crippen molar-refractivity contribution in [3.63, 3.8) is 0 Å². The molecule has 0 bridgehead atoms. The van der Waals surface area contributed by atoms with Gasteiger partial charge in [0.2, 0.25) is 15.9 Å². The molecule has 30 heavy (non-hydrogen) atoms. The Morgan fingerprint density at radius 3 is 2.33 bits per heavy atom. The lowest BCUT2D eigenvalue weighted by molar-refractivity contribution is -0.131. The minimum absolute atomic E-state index is 0.0845. The number of amides is 1. The van der Waals surface area contributed by atoms with Crippen molar-refractivity contribution in [2.75, 3.05) is 33.3 Å². The number of carbonyl (C=O) groups is 2. The molecule has 1 fully saturated rings. The second-order valence-electron chi connectivity index (χ2n) is 7.02. The second kappa shape index (κ2) is 9.16. The van der Waals surface area contributed by atoms with Crippen LogP contribution in [0.2, 0.25) is 5.02 Å². The first-order valence-electron chi connectivity index (χ1n) is 9.44. The van der Waals surface area contributed by atoms with Gasteiger partial charge in [-0.05, 0) is 42.3 Å². The summed E-state index contributed by atoms with van der Waals surface area (Å²) in [7, 11) is -2.46. The number of sulfonamides is 1. The molecule has 0 spiro atoms. The number of ether oxygens (including phenoxy) is 1. The molecule has 3 rings (SSSR count). The Bertz CT molecular complexity index is 1060. The summed E-state index contributed by atoms with van der Waals surface area (Å²) in [4.78, 5) is 26.0. The van der Waals surface area contributed by atoms with E-state index in [9.17, 15) is 18.0 Å². The maximum Gasteiger partial charge on any atom is 0.337 e. The van der Waals surface area contributed by atoms with Crippen molar-refractivity contribution >= 4 is 33.5 Å². The highest BCUT2D eigenvalue weighted by atomic mass is 35.5. The topological polar surface area (TPSA) is 84.0 Å². The van der Waals surface area contributed by atoms with Gasteiger partial charge in [0, 0.05) is 31.2 Å². The lowest BCUT2D eigenvalue weighted by Crippen LogP contribution is -2.51. The Balaban J connectivity index is 1.67. The molecular weight excluding hydrogens is 428 g/mol. The van der Waals surface area contributed by atoms with E-state index in [-0.39, 0.29) is 30.3 Å². The normalized spacial score (nSPS) is 15.1. The molecule has 0 aromatic heterocycles. The van der Waals surface area contributed by atoms with E-state index >= 15 is 0 Å². The monoisotopic (exact) mass is 450 g/mol. The predicted octanol–water partition coefficient (Wildman–Crippen LogP) is 2.51. The van der Waals surface area contributed by atoms with Crippen LogP contribution in [0.25, 0.3) is 0 Å². The standard InChI is InChI=1S/C21H23ClN2O5S/c1-15-13-17(21(26)29-2)7-8-19(15)30(27,28)24-11-9-23(10-12-24)20(25)14-16-5-3-4-6-18(16)22/h3-8,13H,9-12,14H2,1-2H3. The van der Waals surface area contributed by atoms with Crippen LogP contribution in [0, 0.1) is 6.92 Å². The SMILES string of the molecule is COC(=O)c1ccc(S(=O)(=O)N2CCN(C(=O)Cc3ccccc3Cl)CC2)c(C)c1. The van der Waals surface area contributed by atoms with Gasteiger partial charge in [0.05, 0.1) is 24.0 Å². The van der Waals surface area contributed by atoms with Gasteiger partial charge in [0.15, 0.2) is 0 Å². The number of esters is 1. The van der Waals surface area contributed by atoms with E-state index in [0.717, 1.165) is 5.56 Å². The number of aryl methyl sites for hydroxylation is 1. The second-order valence-corrected chi connectivity index (χ2v) is 9.34. The van der Waals surface area contributed by atoms with Gasteiger partial charge in [-0.1, -0.05) is 29.8 Å². The average Bonchev–Trinajstić information content (AvgIpc) is 2.74. The van der Waals surface area contributed by atoms with Gasteiger partial charge in [0.1, 0.15) is 0 Å². The van der Waals surface area contributed by atoms with Crippen LogP contribution >= 0.6 is 11.6 Å². The molecule has 9 heteroatoms. The maximum absolute atomic E-state index is 13.1. The predicted molar refractivity (Wildman–Crippen MR) is 113 cm³/mol. The van der Waals surface area contributed by atoms with Crippen LogP contribution in [0.4, 0.5) is 0 Å². The van der Waals surface area contributed by atoms with Gasteiger partial charge in [-0.15, -0.1) is 0 Å². The summed E-state index contributed by atoms with van der Waals surface area (Å²) in [6, 6.07) is 11.5. The van der Waals surface area contributed by atoms with Gasteiger partial charge in [-0.3, -0.25) is 4.79 Å². The number of hydrogen-bond acceptors (Lipinski definition) is 5. The number of piperazine rings is 1. The van der Waals surface area contributed by atoms with Crippen molar-refractivity contribution in [3.05, 3.63) is 64.2 Å². The molecule has 2 aromatic carbocycles. The molecule has 1 saturated heterocycles. The van der Waals surface area contributed by atoms with Crippen LogP contribution in [0.3, 0.4) is 0 Å². The lowest BCUT2D eigenvalue weighted by atomic mass is 10.1. The van der Waals surface area contributed by atoms with Crippen LogP contribution in [-0.4, -0.2) is 62.8 Å². The maximum atomic E-state index is 13.1. The Morgan fingerprint density at radius 2 is 1.73 bits per heavy atom. The number of hydrogen-bond donors (Lipinski definition) is 0. The van der Waals surface area contributed by atoms with Crippen LogP contribution in [-0.2, 0) is 26.0 Å². The van der Waals surface area contributed by atoms with Crippen molar-refractivity contribution < 1.29 is 22.7 Å². The third kappa shape index (κ3) is 4.66. The first kappa shape index (κ1) is 22.3. The summed E-state index contributed by atoms with van der Waals surface area (Å²) in [5.41, 5.74) is 1.51. The third-order valence-electron chi connectivity index (χ3n) is 5.10. The van der Waals surface area contributed by atoms with Gasteiger partial charge >= 0.3 is 5.97 Å². The number of methoxy groups -OCH3 is 1. The van der Waals surface area contributed by atoms with Gasteiger partial charge in [-0.25, -0.2) is 13.2 Å². The van der Waals surface area contributed by atoms with Crippen LogP contribution in [0.15, 0.2) is 47.4 Å². The molecule has 0 aliphatic carbocycles. The van der Waals surface area contributed by atoms with E-state index in [1.807, 2.05) is 12.1 Å². The van der Waals surface area contributed by atoms with Crippen LogP contribution < -0.4 is 0 Å². The highest BCUT2D eigenvalue weighted by molar-refractivity contribution is 7.89. The fraction of sp³-hybridized carbons (Fsp3) is 0.333. The van der Waals surface area contributed by atoms with Crippen molar-refractivity contribution in [2.45, 2.75) is 18.2 Å². The van der Waals surface area contributed by atoms with E-state index in [1.165, 1.54) is 29.6 Å². The van der Waals surface area contributed by atoms with E-state index in [0.29, 0.717) is 29.2 Å². The Morgan fingerprint density at radius 1 is 1.07 bits per heavy atom. The minimum Gasteiger partial charge on any atom is -0.465 e. The Labute approximate surface area is 181 Å². The van der Waals surface area contributed by atoms with Gasteiger partial charge in [0.25, 0.3) is 0 Å². The number of halogens is 1.